The van der Waals surface area contributed by atoms with Gasteiger partial charge in [-0.2, -0.15) is 0 Å². The minimum absolute atomic E-state index is 0.00942. The van der Waals surface area contributed by atoms with Gasteiger partial charge < -0.3 is 10.5 Å². The van der Waals surface area contributed by atoms with E-state index in [1.807, 2.05) is 0 Å². The van der Waals surface area contributed by atoms with E-state index in [2.05, 4.69) is 0 Å². The lowest BCUT2D eigenvalue weighted by molar-refractivity contribution is -0.0817. The van der Waals surface area contributed by atoms with E-state index in [4.69, 9.17) is 10.5 Å². The first-order valence-corrected chi connectivity index (χ1v) is 7.91. The summed E-state index contributed by atoms with van der Waals surface area (Å²) in [5.74, 6) is 0.237. The number of hydrogen-bond donors (Lipinski definition) is 1. The first kappa shape index (κ1) is 13.9. The van der Waals surface area contributed by atoms with Crippen molar-refractivity contribution in [2.45, 2.75) is 50.2 Å². The molecule has 1 rings (SSSR count). The number of hydrogen-bond acceptors (Lipinski definition) is 4. The van der Waals surface area contributed by atoms with Gasteiger partial charge in [-0.1, -0.05) is 0 Å². The van der Waals surface area contributed by atoms with Crippen LogP contribution in [-0.2, 0) is 14.6 Å². The molecule has 0 aliphatic heterocycles. The molecule has 0 bridgehead atoms. The fourth-order valence-corrected chi connectivity index (χ4v) is 2.94. The van der Waals surface area contributed by atoms with E-state index < -0.39 is 9.84 Å². The van der Waals surface area contributed by atoms with E-state index in [1.54, 1.807) is 7.11 Å². The molecule has 96 valence electrons. The Balaban J connectivity index is 2.23. The molecule has 1 aliphatic carbocycles. The van der Waals surface area contributed by atoms with Gasteiger partial charge in [0.25, 0.3) is 0 Å². The van der Waals surface area contributed by atoms with E-state index in [9.17, 15) is 8.42 Å². The first-order chi connectivity index (χ1) is 7.37. The molecule has 0 aromatic rings. The van der Waals surface area contributed by atoms with Gasteiger partial charge in [-0.25, -0.2) is 8.42 Å². The highest BCUT2D eigenvalue weighted by atomic mass is 32.2. The predicted octanol–water partition coefficient (Wildman–Crippen LogP) is 1.10. The fraction of sp³-hybridized carbons (Fsp3) is 1.00. The normalized spacial score (nSPS) is 21.4. The van der Waals surface area contributed by atoms with E-state index in [0.29, 0.717) is 6.42 Å². The molecule has 0 spiro atoms. The molecular weight excluding hydrogens is 226 g/mol. The van der Waals surface area contributed by atoms with Gasteiger partial charge in [0.05, 0.1) is 5.60 Å². The Kier molecular flexibility index (Phi) is 4.76. The SMILES string of the molecule is COC1(CC(N)CCCS(C)(=O)=O)CCC1. The molecule has 1 aliphatic rings. The molecule has 1 fully saturated rings. The molecule has 1 atom stereocenters. The summed E-state index contributed by atoms with van der Waals surface area (Å²) in [6, 6.07) is 0.0574. The smallest absolute Gasteiger partial charge is 0.147 e. The Hall–Kier alpha value is -0.130. The van der Waals surface area contributed by atoms with Gasteiger partial charge in [-0.05, 0) is 38.5 Å². The van der Waals surface area contributed by atoms with Crippen LogP contribution in [0, 0.1) is 0 Å². The Morgan fingerprint density at radius 2 is 2.06 bits per heavy atom. The van der Waals surface area contributed by atoms with E-state index >= 15 is 0 Å². The van der Waals surface area contributed by atoms with Crippen LogP contribution in [0.4, 0.5) is 0 Å². The van der Waals surface area contributed by atoms with Crippen molar-refractivity contribution in [1.29, 1.82) is 0 Å². The number of nitrogens with two attached hydrogens (primary N) is 1. The summed E-state index contributed by atoms with van der Waals surface area (Å²) in [5, 5.41) is 0. The molecule has 0 heterocycles. The monoisotopic (exact) mass is 249 g/mol. The molecule has 16 heavy (non-hydrogen) atoms. The summed E-state index contributed by atoms with van der Waals surface area (Å²) in [4.78, 5) is 0. The highest BCUT2D eigenvalue weighted by Gasteiger charge is 2.38. The second-order valence-electron chi connectivity index (χ2n) is 4.98. The highest BCUT2D eigenvalue weighted by molar-refractivity contribution is 7.90. The summed E-state index contributed by atoms with van der Waals surface area (Å²) >= 11 is 0. The van der Waals surface area contributed by atoms with E-state index in [1.165, 1.54) is 12.7 Å². The molecule has 0 saturated heterocycles. The molecule has 0 aromatic carbocycles. The molecule has 0 radical (unpaired) electrons. The summed E-state index contributed by atoms with van der Waals surface area (Å²) in [6.45, 7) is 0. The van der Waals surface area contributed by atoms with Crippen LogP contribution in [0.25, 0.3) is 0 Å². The Morgan fingerprint density at radius 3 is 2.44 bits per heavy atom. The van der Waals surface area contributed by atoms with Crippen LogP contribution in [0.5, 0.6) is 0 Å². The van der Waals surface area contributed by atoms with Crippen LogP contribution in [0.3, 0.4) is 0 Å². The first-order valence-electron chi connectivity index (χ1n) is 5.85. The third-order valence-electron chi connectivity index (χ3n) is 3.42. The number of methoxy groups -OCH3 is 1. The van der Waals surface area contributed by atoms with Gasteiger partial charge in [0.15, 0.2) is 0 Å². The lowest BCUT2D eigenvalue weighted by atomic mass is 9.75. The summed E-state index contributed by atoms with van der Waals surface area (Å²) < 4.78 is 27.4. The highest BCUT2D eigenvalue weighted by Crippen LogP contribution is 2.39. The van der Waals surface area contributed by atoms with Gasteiger partial charge in [0.2, 0.25) is 0 Å². The van der Waals surface area contributed by atoms with Crippen molar-refractivity contribution < 1.29 is 13.2 Å². The van der Waals surface area contributed by atoms with Crippen molar-refractivity contribution in [3.8, 4) is 0 Å². The third kappa shape index (κ3) is 4.39. The van der Waals surface area contributed by atoms with Gasteiger partial charge >= 0.3 is 0 Å². The van der Waals surface area contributed by atoms with Crippen LogP contribution in [-0.4, -0.2) is 39.2 Å². The quantitative estimate of drug-likeness (QED) is 0.733. The Labute approximate surface area is 98.5 Å². The zero-order valence-electron chi connectivity index (χ0n) is 10.2. The van der Waals surface area contributed by atoms with Crippen molar-refractivity contribution in [2.75, 3.05) is 19.1 Å². The van der Waals surface area contributed by atoms with Gasteiger partial charge in [0, 0.05) is 25.2 Å². The topological polar surface area (TPSA) is 69.4 Å². The zero-order chi connectivity index (χ0) is 12.2. The molecule has 1 unspecified atom stereocenters. The molecule has 1 saturated carbocycles. The largest absolute Gasteiger partial charge is 0.378 e. The van der Waals surface area contributed by atoms with Crippen molar-refractivity contribution in [3.05, 3.63) is 0 Å². The van der Waals surface area contributed by atoms with Gasteiger partial charge in [0.1, 0.15) is 9.84 Å². The van der Waals surface area contributed by atoms with E-state index in [0.717, 1.165) is 25.7 Å². The molecule has 0 amide bonds. The van der Waals surface area contributed by atoms with Crippen LogP contribution < -0.4 is 5.73 Å². The van der Waals surface area contributed by atoms with Crippen molar-refractivity contribution >= 4 is 9.84 Å². The molecular formula is C11H23NO3S. The van der Waals surface area contributed by atoms with Crippen LogP contribution in [0.15, 0.2) is 0 Å². The fourth-order valence-electron chi connectivity index (χ4n) is 2.25. The average Bonchev–Trinajstić information content (AvgIpc) is 2.09. The minimum Gasteiger partial charge on any atom is -0.378 e. The van der Waals surface area contributed by atoms with Gasteiger partial charge in [-0.15, -0.1) is 0 Å². The molecule has 5 heteroatoms. The second kappa shape index (κ2) is 5.47. The van der Waals surface area contributed by atoms with Gasteiger partial charge in [-0.3, -0.25) is 0 Å². The zero-order valence-corrected chi connectivity index (χ0v) is 11.1. The lowest BCUT2D eigenvalue weighted by Gasteiger charge is -2.42. The number of rotatable bonds is 7. The second-order valence-corrected chi connectivity index (χ2v) is 7.24. The lowest BCUT2D eigenvalue weighted by Crippen LogP contribution is -2.44. The maximum atomic E-state index is 11.0. The summed E-state index contributed by atoms with van der Waals surface area (Å²) in [5.41, 5.74) is 5.99. The van der Waals surface area contributed by atoms with Crippen molar-refractivity contribution in [3.63, 3.8) is 0 Å². The van der Waals surface area contributed by atoms with Crippen LogP contribution >= 0.6 is 0 Å². The summed E-state index contributed by atoms with van der Waals surface area (Å²) in [7, 11) is -1.11. The van der Waals surface area contributed by atoms with Crippen LogP contribution in [0.1, 0.15) is 38.5 Å². The maximum absolute atomic E-state index is 11.0. The number of sulfone groups is 1. The summed E-state index contributed by atoms with van der Waals surface area (Å²) in [6.07, 6.45) is 6.92. The molecule has 0 aromatic heterocycles. The van der Waals surface area contributed by atoms with Crippen molar-refractivity contribution in [1.82, 2.24) is 0 Å². The molecule has 4 nitrogen and oxygen atoms in total. The number of ether oxygens (including phenoxy) is 1. The minimum atomic E-state index is -2.85. The van der Waals surface area contributed by atoms with Crippen LogP contribution in [0.2, 0.25) is 0 Å². The Bertz CT molecular complexity index is 304. The Morgan fingerprint density at radius 1 is 1.44 bits per heavy atom. The predicted molar refractivity (Wildman–Crippen MR) is 65.1 cm³/mol. The maximum Gasteiger partial charge on any atom is 0.147 e. The average molecular weight is 249 g/mol. The third-order valence-corrected chi connectivity index (χ3v) is 4.45. The van der Waals surface area contributed by atoms with Crippen molar-refractivity contribution in [2.24, 2.45) is 5.73 Å². The standard InChI is InChI=1S/C11H23NO3S/c1-15-11(6-4-7-11)9-10(12)5-3-8-16(2,13)14/h10H,3-9,12H2,1-2H3. The molecule has 2 N–H and O–H groups in total. The van der Waals surface area contributed by atoms with E-state index in [-0.39, 0.29) is 17.4 Å².